The first kappa shape index (κ1) is 25.0. The minimum atomic E-state index is -1.35. The van der Waals surface area contributed by atoms with E-state index in [0.29, 0.717) is 32.1 Å². The minimum absolute atomic E-state index is 0.176. The van der Waals surface area contributed by atoms with Gasteiger partial charge >= 0.3 is 17.9 Å². The van der Waals surface area contributed by atoms with Crippen LogP contribution in [-0.2, 0) is 33.3 Å². The first-order chi connectivity index (χ1) is 16.4. The fraction of sp³-hybridized carbons (Fsp3) is 0.885. The lowest BCUT2D eigenvalue weighted by molar-refractivity contribution is -0.316. The van der Waals surface area contributed by atoms with Crippen LogP contribution in [0.3, 0.4) is 0 Å². The van der Waals surface area contributed by atoms with E-state index in [4.69, 9.17) is 18.9 Å². The summed E-state index contributed by atoms with van der Waals surface area (Å²) in [6.45, 7) is 9.37. The molecular weight excluding hydrogens is 456 g/mol. The Hall–Kier alpha value is -1.71. The molecule has 0 unspecified atom stereocenters. The Morgan fingerprint density at radius 2 is 1.83 bits per heavy atom. The molecule has 5 rings (SSSR count). The fourth-order valence-corrected chi connectivity index (χ4v) is 9.14. The predicted molar refractivity (Wildman–Crippen MR) is 120 cm³/mol. The number of esters is 3. The van der Waals surface area contributed by atoms with Gasteiger partial charge in [-0.3, -0.25) is 14.4 Å². The van der Waals surface area contributed by atoms with Gasteiger partial charge in [0.2, 0.25) is 6.29 Å². The van der Waals surface area contributed by atoms with E-state index < -0.39 is 64.9 Å². The number of hydrogen-bond donors (Lipinski definition) is 2. The zero-order valence-corrected chi connectivity index (χ0v) is 21.2. The lowest BCUT2D eigenvalue weighted by Gasteiger charge is -2.69. The van der Waals surface area contributed by atoms with Crippen LogP contribution < -0.4 is 0 Å². The molecule has 0 bridgehead atoms. The van der Waals surface area contributed by atoms with Crippen molar-refractivity contribution in [1.29, 1.82) is 0 Å². The van der Waals surface area contributed by atoms with Gasteiger partial charge in [0.1, 0.15) is 12.2 Å². The summed E-state index contributed by atoms with van der Waals surface area (Å²) in [6.07, 6.45) is -1.69. The molecule has 0 aromatic carbocycles. The minimum Gasteiger partial charge on any atom is -0.462 e. The predicted octanol–water partition coefficient (Wildman–Crippen LogP) is 2.31. The average molecular weight is 495 g/mol. The van der Waals surface area contributed by atoms with Crippen molar-refractivity contribution in [2.24, 2.45) is 39.9 Å². The van der Waals surface area contributed by atoms with Crippen molar-refractivity contribution < 1.29 is 43.5 Å². The fourth-order valence-electron chi connectivity index (χ4n) is 9.14. The number of aliphatic hydroxyl groups excluding tert-OH is 2. The quantitative estimate of drug-likeness (QED) is 0.447. The molecule has 2 saturated heterocycles. The van der Waals surface area contributed by atoms with E-state index in [0.717, 1.165) is 0 Å². The van der Waals surface area contributed by atoms with E-state index in [1.54, 1.807) is 0 Å². The molecule has 0 aromatic heterocycles. The second kappa shape index (κ2) is 8.15. The number of carbonyl (C=O) groups is 3. The molecule has 5 fully saturated rings. The van der Waals surface area contributed by atoms with E-state index in [-0.39, 0.29) is 30.2 Å². The summed E-state index contributed by atoms with van der Waals surface area (Å²) in [5.74, 6) is -2.75. The zero-order chi connectivity index (χ0) is 25.5. The van der Waals surface area contributed by atoms with Crippen molar-refractivity contribution in [3.63, 3.8) is 0 Å². The molecule has 2 N–H and O–H groups in total. The van der Waals surface area contributed by atoms with Gasteiger partial charge in [0, 0.05) is 30.6 Å². The van der Waals surface area contributed by atoms with E-state index in [9.17, 15) is 24.6 Å². The van der Waals surface area contributed by atoms with Gasteiger partial charge in [0.25, 0.3) is 0 Å². The van der Waals surface area contributed by atoms with Gasteiger partial charge in [-0.2, -0.15) is 0 Å². The first-order valence-corrected chi connectivity index (χ1v) is 13.0. The summed E-state index contributed by atoms with van der Waals surface area (Å²) in [6, 6.07) is 0. The molecule has 3 aliphatic carbocycles. The maximum atomic E-state index is 12.9. The van der Waals surface area contributed by atoms with Gasteiger partial charge in [0.15, 0.2) is 6.29 Å². The summed E-state index contributed by atoms with van der Waals surface area (Å²) in [7, 11) is 0. The molecule has 3 saturated carbocycles. The summed E-state index contributed by atoms with van der Waals surface area (Å²) >= 11 is 0. The number of fused-ring (bicyclic) bond motifs is 2. The molecule has 2 heterocycles. The van der Waals surface area contributed by atoms with Crippen LogP contribution in [0, 0.1) is 39.9 Å². The van der Waals surface area contributed by atoms with E-state index in [1.807, 2.05) is 20.8 Å². The highest BCUT2D eigenvalue weighted by atomic mass is 16.8. The summed E-state index contributed by atoms with van der Waals surface area (Å²) in [4.78, 5) is 37.4. The van der Waals surface area contributed by atoms with Crippen LogP contribution in [0.4, 0.5) is 0 Å². The molecule has 2 aliphatic heterocycles. The molecule has 0 amide bonds. The van der Waals surface area contributed by atoms with Crippen LogP contribution in [0.15, 0.2) is 0 Å². The van der Waals surface area contributed by atoms with Gasteiger partial charge in [0.05, 0.1) is 17.4 Å². The standard InChI is InChI=1S/C26H38O9/c1-6-7-16(28)33-20-18(29)19-24(3,4)15(32-12(2)27)10-11-25(19,5)14-9-8-13-17-22(34-21(13)30)35-23(31)26(14,17)20/h13-15,17-20,22-23,29,31H,6-11H2,1-5H3/t13-,14-,15+,17+,18-,19+,20-,22+,23-,25-,26+/m1/s1. The molecule has 0 aromatic rings. The summed E-state index contributed by atoms with van der Waals surface area (Å²) in [5, 5.41) is 23.6. The third-order valence-electron chi connectivity index (χ3n) is 10.1. The lowest BCUT2D eigenvalue weighted by atomic mass is 9.36. The monoisotopic (exact) mass is 494 g/mol. The van der Waals surface area contributed by atoms with Gasteiger partial charge in [-0.05, 0) is 43.4 Å². The Morgan fingerprint density at radius 3 is 2.49 bits per heavy atom. The number of carbonyl (C=O) groups excluding carboxylic acids is 3. The van der Waals surface area contributed by atoms with Gasteiger partial charge in [-0.1, -0.05) is 27.7 Å². The SMILES string of the molecule is CCCC(=O)O[C@@H]1[C@H](O)[C@H]2C(C)(C)[C@@H](OC(C)=O)CC[C@]2(C)[C@H]2CC[C@H]3C(=O)O[C@H]4O[C@@H](O)[C@@]12[C@H]43. The zero-order valence-electron chi connectivity index (χ0n) is 21.2. The Labute approximate surface area is 205 Å². The Kier molecular flexibility index (Phi) is 5.81. The molecule has 0 radical (unpaired) electrons. The molecule has 196 valence electrons. The average Bonchev–Trinajstić information content (AvgIpc) is 3.23. The van der Waals surface area contributed by atoms with Crippen molar-refractivity contribution in [2.75, 3.05) is 0 Å². The highest BCUT2D eigenvalue weighted by Gasteiger charge is 2.80. The van der Waals surface area contributed by atoms with Gasteiger partial charge < -0.3 is 29.2 Å². The summed E-state index contributed by atoms with van der Waals surface area (Å²) < 4.78 is 23.1. The number of rotatable bonds is 4. The van der Waals surface area contributed by atoms with Crippen LogP contribution >= 0.6 is 0 Å². The summed E-state index contributed by atoms with van der Waals surface area (Å²) in [5.41, 5.74) is -2.28. The Morgan fingerprint density at radius 1 is 1.11 bits per heavy atom. The molecule has 5 aliphatic rings. The van der Waals surface area contributed by atoms with Gasteiger partial charge in [-0.25, -0.2) is 0 Å². The van der Waals surface area contributed by atoms with E-state index in [1.165, 1.54) is 6.92 Å². The highest BCUT2D eigenvalue weighted by molar-refractivity contribution is 5.76. The Balaban J connectivity index is 1.66. The van der Waals surface area contributed by atoms with Crippen molar-refractivity contribution in [1.82, 2.24) is 0 Å². The van der Waals surface area contributed by atoms with Crippen molar-refractivity contribution in [3.8, 4) is 0 Å². The molecule has 9 heteroatoms. The molecular formula is C26H38O9. The molecule has 9 nitrogen and oxygen atoms in total. The first-order valence-electron chi connectivity index (χ1n) is 13.0. The van der Waals surface area contributed by atoms with Crippen LogP contribution in [-0.4, -0.2) is 59.0 Å². The number of hydrogen-bond acceptors (Lipinski definition) is 9. The van der Waals surface area contributed by atoms with E-state index in [2.05, 4.69) is 6.92 Å². The maximum absolute atomic E-state index is 12.9. The van der Waals surface area contributed by atoms with Crippen molar-refractivity contribution in [2.45, 2.75) is 104 Å². The van der Waals surface area contributed by atoms with Crippen LogP contribution in [0.25, 0.3) is 0 Å². The van der Waals surface area contributed by atoms with Crippen molar-refractivity contribution in [3.05, 3.63) is 0 Å². The largest absolute Gasteiger partial charge is 0.462 e. The third-order valence-corrected chi connectivity index (χ3v) is 10.1. The maximum Gasteiger partial charge on any atom is 0.311 e. The topological polar surface area (TPSA) is 129 Å². The second-order valence-corrected chi connectivity index (χ2v) is 12.1. The number of ether oxygens (including phenoxy) is 4. The number of aliphatic hydroxyl groups is 2. The molecule has 35 heavy (non-hydrogen) atoms. The van der Waals surface area contributed by atoms with Crippen LogP contribution in [0.2, 0.25) is 0 Å². The van der Waals surface area contributed by atoms with Crippen LogP contribution in [0.5, 0.6) is 0 Å². The molecule has 11 atom stereocenters. The molecule has 1 spiro atoms. The van der Waals surface area contributed by atoms with Gasteiger partial charge in [-0.15, -0.1) is 0 Å². The third kappa shape index (κ3) is 3.20. The van der Waals surface area contributed by atoms with Crippen LogP contribution in [0.1, 0.15) is 73.1 Å². The highest BCUT2D eigenvalue weighted by Crippen LogP contribution is 2.74. The second-order valence-electron chi connectivity index (χ2n) is 12.1. The van der Waals surface area contributed by atoms with E-state index >= 15 is 0 Å². The Bertz CT molecular complexity index is 916. The normalized spacial score (nSPS) is 49.3. The lowest BCUT2D eigenvalue weighted by Crippen LogP contribution is -2.74. The van der Waals surface area contributed by atoms with Crippen molar-refractivity contribution >= 4 is 17.9 Å². The smallest absolute Gasteiger partial charge is 0.311 e.